The predicted octanol–water partition coefficient (Wildman–Crippen LogP) is 1.88. The molecule has 0 fully saturated rings. The molecule has 0 amide bonds. The Morgan fingerprint density at radius 3 is 2.81 bits per heavy atom. The summed E-state index contributed by atoms with van der Waals surface area (Å²) in [4.78, 5) is 8.90. The lowest BCUT2D eigenvalue weighted by Crippen LogP contribution is -2.17. The second kappa shape index (κ2) is 7.71. The monoisotopic (exact) mass is 376 g/mol. The zero-order chi connectivity index (χ0) is 18.7. The van der Waals surface area contributed by atoms with E-state index in [0.29, 0.717) is 53.3 Å². The highest BCUT2D eigenvalue weighted by Gasteiger charge is 2.14. The summed E-state index contributed by atoms with van der Waals surface area (Å²) in [6.45, 7) is 5.11. The zero-order valence-electron chi connectivity index (χ0n) is 14.6. The molecule has 0 saturated heterocycles. The summed E-state index contributed by atoms with van der Waals surface area (Å²) in [6.07, 6.45) is -0.517. The van der Waals surface area contributed by atoms with Gasteiger partial charge >= 0.3 is 0 Å². The molecule has 2 heterocycles. The summed E-state index contributed by atoms with van der Waals surface area (Å²) in [5.41, 5.74) is 8.53. The Hall–Kier alpha value is -2.65. The molecule has 0 bridgehead atoms. The maximum absolute atomic E-state index is 9.47. The van der Waals surface area contributed by atoms with Crippen molar-refractivity contribution in [3.8, 4) is 0 Å². The number of aryl methyl sites for hydroxylation is 1. The second-order valence-corrected chi connectivity index (χ2v) is 6.32. The fourth-order valence-electron chi connectivity index (χ4n) is 2.40. The molecule has 0 aliphatic heterocycles. The molecule has 5 N–H and O–H groups in total. The van der Waals surface area contributed by atoms with Gasteiger partial charge in [0.15, 0.2) is 17.0 Å². The largest absolute Gasteiger partial charge is 0.398 e. The first-order valence-electron chi connectivity index (χ1n) is 8.29. The summed E-state index contributed by atoms with van der Waals surface area (Å²) < 4.78 is 1.69. The minimum Gasteiger partial charge on any atom is -0.398 e. The van der Waals surface area contributed by atoms with Gasteiger partial charge in [0.25, 0.3) is 0 Å². The lowest BCUT2D eigenvalue weighted by Gasteiger charge is -2.11. The number of halogens is 1. The van der Waals surface area contributed by atoms with Crippen LogP contribution < -0.4 is 16.4 Å². The molecule has 0 aliphatic carbocycles. The molecule has 0 aliphatic rings. The predicted molar refractivity (Wildman–Crippen MR) is 102 cm³/mol. The number of rotatable bonds is 7. The summed E-state index contributed by atoms with van der Waals surface area (Å²) >= 11 is 5.96. The third-order valence-corrected chi connectivity index (χ3v) is 4.08. The van der Waals surface area contributed by atoms with Crippen LogP contribution in [0.25, 0.3) is 11.2 Å². The molecular weight excluding hydrogens is 356 g/mol. The third kappa shape index (κ3) is 3.94. The van der Waals surface area contributed by atoms with E-state index in [0.717, 1.165) is 5.56 Å². The first kappa shape index (κ1) is 18.2. The quantitative estimate of drug-likeness (QED) is 0.460. The van der Waals surface area contributed by atoms with Gasteiger partial charge in [0.2, 0.25) is 5.95 Å². The van der Waals surface area contributed by atoms with E-state index in [1.54, 1.807) is 17.7 Å². The van der Waals surface area contributed by atoms with Crippen molar-refractivity contribution in [3.63, 3.8) is 0 Å². The Balaban J connectivity index is 1.89. The van der Waals surface area contributed by atoms with Gasteiger partial charge in [0.05, 0.1) is 16.8 Å². The number of nitrogens with zero attached hydrogens (tertiary/aromatic N) is 5. The lowest BCUT2D eigenvalue weighted by molar-refractivity contribution is 0.208. The smallest absolute Gasteiger partial charge is 0.226 e. The average molecular weight is 377 g/mol. The highest BCUT2D eigenvalue weighted by atomic mass is 35.5. The maximum atomic E-state index is 9.47. The fraction of sp³-hybridized carbons (Fsp3) is 0.375. The maximum Gasteiger partial charge on any atom is 0.226 e. The van der Waals surface area contributed by atoms with E-state index in [1.807, 2.05) is 19.1 Å². The van der Waals surface area contributed by atoms with Crippen molar-refractivity contribution in [2.24, 2.45) is 0 Å². The first-order valence-corrected chi connectivity index (χ1v) is 8.66. The number of fused-ring (bicyclic) bond motifs is 1. The molecule has 3 rings (SSSR count). The molecule has 0 saturated carbocycles. The number of hydrogen-bond donors (Lipinski definition) is 4. The Kier molecular flexibility index (Phi) is 5.38. The molecule has 9 nitrogen and oxygen atoms in total. The van der Waals surface area contributed by atoms with E-state index in [-0.39, 0.29) is 0 Å². The Morgan fingerprint density at radius 2 is 2.12 bits per heavy atom. The zero-order valence-corrected chi connectivity index (χ0v) is 15.3. The van der Waals surface area contributed by atoms with Crippen LogP contribution in [0.5, 0.6) is 0 Å². The highest BCUT2D eigenvalue weighted by molar-refractivity contribution is 6.33. The normalized spacial score (nSPS) is 12.3. The van der Waals surface area contributed by atoms with Crippen LogP contribution in [0.1, 0.15) is 19.4 Å². The Morgan fingerprint density at radius 1 is 1.31 bits per heavy atom. The standard InChI is InChI=1S/C16H21ClN8O/c1-3-25-15-13(23-24-25)14(21-16(22-15)20-7-9(2)26)19-8-10-4-5-11(17)12(18)6-10/h4-6,9,26H,3,7-8,18H2,1-2H3,(H2,19,20,21,22). The van der Waals surface area contributed by atoms with Crippen molar-refractivity contribution in [2.45, 2.75) is 33.0 Å². The van der Waals surface area contributed by atoms with E-state index >= 15 is 0 Å². The number of anilines is 3. The summed E-state index contributed by atoms with van der Waals surface area (Å²) in [7, 11) is 0. The van der Waals surface area contributed by atoms with Crippen molar-refractivity contribution in [1.29, 1.82) is 0 Å². The number of nitrogens with one attached hydrogen (secondary N) is 2. The molecular formula is C16H21ClN8O. The number of aliphatic hydroxyl groups is 1. The molecule has 0 radical (unpaired) electrons. The van der Waals surface area contributed by atoms with Crippen LogP contribution in [-0.2, 0) is 13.1 Å². The van der Waals surface area contributed by atoms with Crippen LogP contribution >= 0.6 is 11.6 Å². The second-order valence-electron chi connectivity index (χ2n) is 5.91. The molecule has 0 spiro atoms. The summed E-state index contributed by atoms with van der Waals surface area (Å²) in [5.74, 6) is 0.949. The van der Waals surface area contributed by atoms with Gasteiger partial charge in [-0.15, -0.1) is 5.10 Å². The Labute approximate surface area is 155 Å². The molecule has 3 aromatic rings. The number of aliphatic hydroxyl groups excluding tert-OH is 1. The van der Waals surface area contributed by atoms with Gasteiger partial charge in [-0.05, 0) is 31.5 Å². The van der Waals surface area contributed by atoms with Gasteiger partial charge in [-0.25, -0.2) is 4.68 Å². The van der Waals surface area contributed by atoms with Gasteiger partial charge in [-0.1, -0.05) is 22.9 Å². The molecule has 26 heavy (non-hydrogen) atoms. The van der Waals surface area contributed by atoms with E-state index < -0.39 is 6.10 Å². The number of aromatic nitrogens is 5. The average Bonchev–Trinajstić information content (AvgIpc) is 3.03. The third-order valence-electron chi connectivity index (χ3n) is 3.74. The number of nitrogen functional groups attached to an aromatic ring is 1. The molecule has 10 heteroatoms. The van der Waals surface area contributed by atoms with Gasteiger partial charge in [-0.3, -0.25) is 0 Å². The fourth-order valence-corrected chi connectivity index (χ4v) is 2.52. The number of nitrogens with two attached hydrogens (primary N) is 1. The van der Waals surface area contributed by atoms with Crippen LogP contribution in [0.15, 0.2) is 18.2 Å². The van der Waals surface area contributed by atoms with Crippen LogP contribution in [0.4, 0.5) is 17.5 Å². The van der Waals surface area contributed by atoms with E-state index in [1.165, 1.54) is 0 Å². The van der Waals surface area contributed by atoms with Gasteiger partial charge in [0, 0.05) is 19.6 Å². The lowest BCUT2D eigenvalue weighted by atomic mass is 10.2. The van der Waals surface area contributed by atoms with Crippen LogP contribution in [0.3, 0.4) is 0 Å². The minimum atomic E-state index is -0.517. The van der Waals surface area contributed by atoms with Crippen molar-refractivity contribution >= 4 is 40.2 Å². The van der Waals surface area contributed by atoms with Crippen molar-refractivity contribution < 1.29 is 5.11 Å². The Bertz CT molecular complexity index is 911. The van der Waals surface area contributed by atoms with Gasteiger partial charge in [0.1, 0.15) is 0 Å². The van der Waals surface area contributed by atoms with Gasteiger partial charge < -0.3 is 21.5 Å². The minimum absolute atomic E-state index is 0.340. The number of benzene rings is 1. The SMILES string of the molecule is CCn1nnc2c(NCc3ccc(Cl)c(N)c3)nc(NCC(C)O)nc21. The van der Waals surface area contributed by atoms with Crippen molar-refractivity contribution in [3.05, 3.63) is 28.8 Å². The van der Waals surface area contributed by atoms with E-state index in [9.17, 15) is 5.11 Å². The highest BCUT2D eigenvalue weighted by Crippen LogP contribution is 2.23. The topological polar surface area (TPSA) is 127 Å². The number of hydrogen-bond acceptors (Lipinski definition) is 8. The van der Waals surface area contributed by atoms with E-state index in [4.69, 9.17) is 17.3 Å². The molecule has 1 atom stereocenters. The van der Waals surface area contributed by atoms with Crippen molar-refractivity contribution in [2.75, 3.05) is 22.9 Å². The molecule has 1 aromatic carbocycles. The molecule has 2 aromatic heterocycles. The summed E-state index contributed by atoms with van der Waals surface area (Å²) in [5, 5.41) is 24.5. The van der Waals surface area contributed by atoms with Crippen molar-refractivity contribution in [1.82, 2.24) is 25.0 Å². The first-order chi connectivity index (χ1) is 12.5. The van der Waals surface area contributed by atoms with Gasteiger partial charge in [-0.2, -0.15) is 9.97 Å². The summed E-state index contributed by atoms with van der Waals surface area (Å²) in [6, 6.07) is 5.45. The van der Waals surface area contributed by atoms with Crippen LogP contribution in [-0.4, -0.2) is 42.7 Å². The van der Waals surface area contributed by atoms with Crippen LogP contribution in [0, 0.1) is 0 Å². The molecule has 138 valence electrons. The van der Waals surface area contributed by atoms with Crippen LogP contribution in [0.2, 0.25) is 5.02 Å². The van der Waals surface area contributed by atoms with E-state index in [2.05, 4.69) is 30.9 Å². The molecule has 1 unspecified atom stereocenters.